The van der Waals surface area contributed by atoms with Crippen LogP contribution >= 0.6 is 0 Å². The van der Waals surface area contributed by atoms with Gasteiger partial charge in [0.2, 0.25) is 5.91 Å². The monoisotopic (exact) mass is 368 g/mol. The van der Waals surface area contributed by atoms with Gasteiger partial charge in [-0.05, 0) is 50.3 Å². The summed E-state index contributed by atoms with van der Waals surface area (Å²) in [7, 11) is 0. The lowest BCUT2D eigenvalue weighted by atomic mass is 9.88. The predicted octanol–water partition coefficient (Wildman–Crippen LogP) is 2.12. The lowest BCUT2D eigenvalue weighted by Crippen LogP contribution is -2.45. The molecule has 4 rings (SSSR count). The molecule has 1 aromatic heterocycles. The van der Waals surface area contributed by atoms with Crippen molar-refractivity contribution >= 4 is 16.8 Å². The van der Waals surface area contributed by atoms with Gasteiger partial charge in [-0.3, -0.25) is 19.1 Å². The van der Waals surface area contributed by atoms with Gasteiger partial charge in [0.05, 0.1) is 17.2 Å². The Kier molecular flexibility index (Phi) is 5.25. The predicted molar refractivity (Wildman–Crippen MR) is 106 cm³/mol. The number of piperidine rings is 1. The molecule has 2 fully saturated rings. The number of para-hydroxylation sites is 1. The van der Waals surface area contributed by atoms with E-state index in [1.807, 2.05) is 29.2 Å². The number of rotatable bonds is 4. The summed E-state index contributed by atoms with van der Waals surface area (Å²) < 4.78 is 1.75. The molecule has 2 aliphatic rings. The molecule has 0 spiro atoms. The van der Waals surface area contributed by atoms with E-state index < -0.39 is 0 Å². The highest BCUT2D eigenvalue weighted by molar-refractivity contribution is 5.76. The molecule has 6 heteroatoms. The highest BCUT2D eigenvalue weighted by atomic mass is 16.2. The first-order chi connectivity index (χ1) is 13.1. The highest BCUT2D eigenvalue weighted by Crippen LogP contribution is 2.31. The van der Waals surface area contributed by atoms with Crippen molar-refractivity contribution in [3.8, 4) is 0 Å². The summed E-state index contributed by atoms with van der Waals surface area (Å²) in [5, 5.41) is 0.689. The lowest BCUT2D eigenvalue weighted by Gasteiger charge is -2.38. The van der Waals surface area contributed by atoms with Crippen LogP contribution in [0.3, 0.4) is 0 Å². The average molecular weight is 368 g/mol. The summed E-state index contributed by atoms with van der Waals surface area (Å²) >= 11 is 0. The summed E-state index contributed by atoms with van der Waals surface area (Å²) in [5.41, 5.74) is 0.807. The second-order valence-corrected chi connectivity index (χ2v) is 7.85. The first-order valence-electron chi connectivity index (χ1n) is 10.1. The van der Waals surface area contributed by atoms with Crippen LogP contribution in [0.15, 0.2) is 35.4 Å². The molecule has 0 bridgehead atoms. The van der Waals surface area contributed by atoms with Crippen LogP contribution < -0.4 is 5.56 Å². The molecule has 3 heterocycles. The molecule has 6 nitrogen and oxygen atoms in total. The molecule has 1 amide bonds. The number of aromatic nitrogens is 2. The fourth-order valence-electron chi connectivity index (χ4n) is 4.76. The van der Waals surface area contributed by atoms with Gasteiger partial charge in [-0.1, -0.05) is 12.1 Å². The van der Waals surface area contributed by atoms with Gasteiger partial charge in [0.25, 0.3) is 5.56 Å². The number of nitrogens with zero attached hydrogens (tertiary/aromatic N) is 4. The number of amides is 1. The van der Waals surface area contributed by atoms with Gasteiger partial charge in [0.15, 0.2) is 0 Å². The molecule has 2 aliphatic heterocycles. The van der Waals surface area contributed by atoms with E-state index >= 15 is 0 Å². The summed E-state index contributed by atoms with van der Waals surface area (Å²) in [5.74, 6) is 0.856. The molecule has 2 aromatic rings. The van der Waals surface area contributed by atoms with E-state index in [9.17, 15) is 9.59 Å². The van der Waals surface area contributed by atoms with E-state index in [1.54, 1.807) is 17.8 Å². The number of hydrogen-bond donors (Lipinski definition) is 0. The van der Waals surface area contributed by atoms with Gasteiger partial charge in [0.1, 0.15) is 0 Å². The smallest absolute Gasteiger partial charge is 0.261 e. The number of fused-ring (bicyclic) bond motifs is 1. The van der Waals surface area contributed by atoms with Crippen molar-refractivity contribution in [2.45, 2.75) is 45.2 Å². The number of carbonyl (C=O) groups is 1. The third-order valence-corrected chi connectivity index (χ3v) is 6.30. The van der Waals surface area contributed by atoms with Gasteiger partial charge in [-0.15, -0.1) is 0 Å². The summed E-state index contributed by atoms with van der Waals surface area (Å²) in [6.45, 7) is 6.11. The van der Waals surface area contributed by atoms with Gasteiger partial charge in [-0.25, -0.2) is 4.98 Å². The van der Waals surface area contributed by atoms with Crippen molar-refractivity contribution in [2.75, 3.05) is 26.2 Å². The Morgan fingerprint density at radius 1 is 1.11 bits per heavy atom. The Balaban J connectivity index is 1.40. The molecule has 0 saturated carbocycles. The van der Waals surface area contributed by atoms with Gasteiger partial charge in [-0.2, -0.15) is 0 Å². The van der Waals surface area contributed by atoms with Crippen molar-refractivity contribution in [3.63, 3.8) is 0 Å². The minimum Gasteiger partial charge on any atom is -0.343 e. The first kappa shape index (κ1) is 18.2. The molecule has 0 aliphatic carbocycles. The fraction of sp³-hybridized carbons (Fsp3) is 0.571. The Hall–Kier alpha value is -2.21. The van der Waals surface area contributed by atoms with Crippen molar-refractivity contribution in [3.05, 3.63) is 40.9 Å². The van der Waals surface area contributed by atoms with E-state index in [-0.39, 0.29) is 11.5 Å². The summed E-state index contributed by atoms with van der Waals surface area (Å²) in [6, 6.07) is 8.11. The Labute approximate surface area is 159 Å². The average Bonchev–Trinajstić information content (AvgIpc) is 3.16. The van der Waals surface area contributed by atoms with E-state index in [1.165, 1.54) is 12.8 Å². The quantitative estimate of drug-likeness (QED) is 0.829. The highest BCUT2D eigenvalue weighted by Gasteiger charge is 2.33. The molecule has 1 unspecified atom stereocenters. The van der Waals surface area contributed by atoms with Crippen LogP contribution in [0, 0.1) is 5.92 Å². The molecule has 1 atom stereocenters. The number of benzene rings is 1. The molecule has 0 radical (unpaired) electrons. The van der Waals surface area contributed by atoms with Crippen molar-refractivity contribution in [1.29, 1.82) is 0 Å². The van der Waals surface area contributed by atoms with Crippen LogP contribution in [0.1, 0.15) is 32.6 Å². The molecule has 2 saturated heterocycles. The zero-order valence-electron chi connectivity index (χ0n) is 16.0. The molecular formula is C21H28N4O2. The lowest BCUT2D eigenvalue weighted by molar-refractivity contribution is -0.130. The standard InChI is InChI=1S/C21H28N4O2/c1-16(26)23-11-8-17(9-12-23)20-7-4-10-24(20)13-14-25-15-22-19-6-3-2-5-18(19)21(25)27/h2-3,5-6,15,17,20H,4,7-14H2,1H3. The zero-order chi connectivity index (χ0) is 18.8. The minimum absolute atomic E-state index is 0.0473. The van der Waals surface area contributed by atoms with E-state index in [0.29, 0.717) is 23.9 Å². The third-order valence-electron chi connectivity index (χ3n) is 6.30. The maximum atomic E-state index is 12.7. The van der Waals surface area contributed by atoms with Gasteiger partial charge in [0, 0.05) is 39.1 Å². The molecule has 144 valence electrons. The summed E-state index contributed by atoms with van der Waals surface area (Å²) in [6.07, 6.45) is 6.33. The number of hydrogen-bond acceptors (Lipinski definition) is 4. The zero-order valence-corrected chi connectivity index (χ0v) is 16.0. The normalized spacial score (nSPS) is 21.8. The minimum atomic E-state index is 0.0473. The number of carbonyl (C=O) groups excluding carboxylic acids is 1. The number of likely N-dealkylation sites (tertiary alicyclic amines) is 2. The largest absolute Gasteiger partial charge is 0.343 e. The van der Waals surface area contributed by atoms with Crippen LogP contribution in [-0.4, -0.2) is 57.5 Å². The second-order valence-electron chi connectivity index (χ2n) is 7.85. The fourth-order valence-corrected chi connectivity index (χ4v) is 4.76. The Morgan fingerprint density at radius 3 is 2.67 bits per heavy atom. The Morgan fingerprint density at radius 2 is 1.89 bits per heavy atom. The van der Waals surface area contributed by atoms with Gasteiger partial charge < -0.3 is 4.90 Å². The molecule has 0 N–H and O–H groups in total. The van der Waals surface area contributed by atoms with E-state index in [4.69, 9.17) is 0 Å². The van der Waals surface area contributed by atoms with Crippen LogP contribution in [0.25, 0.3) is 10.9 Å². The second kappa shape index (κ2) is 7.80. The first-order valence-corrected chi connectivity index (χ1v) is 10.1. The SMILES string of the molecule is CC(=O)N1CCC(C2CCCN2CCn2cnc3ccccc3c2=O)CC1. The van der Waals surface area contributed by atoms with E-state index in [0.717, 1.165) is 44.5 Å². The van der Waals surface area contributed by atoms with Crippen LogP contribution in [0.5, 0.6) is 0 Å². The van der Waals surface area contributed by atoms with Crippen LogP contribution in [0.4, 0.5) is 0 Å². The van der Waals surface area contributed by atoms with E-state index in [2.05, 4.69) is 9.88 Å². The third kappa shape index (κ3) is 3.76. The maximum absolute atomic E-state index is 12.7. The molecule has 1 aromatic carbocycles. The topological polar surface area (TPSA) is 58.4 Å². The van der Waals surface area contributed by atoms with Crippen LogP contribution in [-0.2, 0) is 11.3 Å². The van der Waals surface area contributed by atoms with Crippen molar-refractivity contribution in [1.82, 2.24) is 19.4 Å². The van der Waals surface area contributed by atoms with Crippen LogP contribution in [0.2, 0.25) is 0 Å². The molecular weight excluding hydrogens is 340 g/mol. The Bertz CT molecular complexity index is 870. The summed E-state index contributed by atoms with van der Waals surface area (Å²) in [4.78, 5) is 33.2. The molecule has 27 heavy (non-hydrogen) atoms. The van der Waals surface area contributed by atoms with Crippen molar-refractivity contribution in [2.24, 2.45) is 5.92 Å². The maximum Gasteiger partial charge on any atom is 0.261 e. The van der Waals surface area contributed by atoms with Gasteiger partial charge >= 0.3 is 0 Å². The van der Waals surface area contributed by atoms with Crippen molar-refractivity contribution < 1.29 is 4.79 Å².